The Morgan fingerprint density at radius 2 is 1.81 bits per heavy atom. The number of nitrogens with one attached hydrogen (secondary N) is 1. The van der Waals surface area contributed by atoms with E-state index >= 15 is 0 Å². The fraction of sp³-hybridized carbons (Fsp3) is 0. The lowest BCUT2D eigenvalue weighted by atomic mass is 10.2. The lowest BCUT2D eigenvalue weighted by Crippen LogP contribution is -2.15. The van der Waals surface area contributed by atoms with Gasteiger partial charge in [-0.2, -0.15) is 0 Å². The van der Waals surface area contributed by atoms with Crippen LogP contribution in [0.15, 0.2) is 48.7 Å². The Morgan fingerprint density at radius 3 is 2.57 bits per heavy atom. The molecule has 0 spiro atoms. The molecule has 2 aromatic carbocycles. The standard InChI is InChI=1S/C15H9F2N3O/c16-9-5-6-11(10(17)7-9)20-15(21)14-8-18-12-3-1-2-4-13(12)19-14/h1-8H,(H,20,21). The highest BCUT2D eigenvalue weighted by atomic mass is 19.1. The maximum absolute atomic E-state index is 13.5. The molecule has 3 rings (SSSR count). The van der Waals surface area contributed by atoms with Gasteiger partial charge < -0.3 is 5.32 Å². The van der Waals surface area contributed by atoms with Gasteiger partial charge in [-0.15, -0.1) is 0 Å². The molecule has 104 valence electrons. The van der Waals surface area contributed by atoms with Crippen LogP contribution in [-0.4, -0.2) is 15.9 Å². The van der Waals surface area contributed by atoms with Gasteiger partial charge in [0.1, 0.15) is 17.3 Å². The van der Waals surface area contributed by atoms with Crippen LogP contribution in [0.4, 0.5) is 14.5 Å². The number of carbonyl (C=O) groups excluding carboxylic acids is 1. The summed E-state index contributed by atoms with van der Waals surface area (Å²) in [5.74, 6) is -2.17. The molecule has 3 aromatic rings. The molecule has 1 amide bonds. The first kappa shape index (κ1) is 13.1. The van der Waals surface area contributed by atoms with E-state index in [4.69, 9.17) is 0 Å². The average Bonchev–Trinajstić information content (AvgIpc) is 2.49. The molecule has 0 aliphatic heterocycles. The molecule has 6 heteroatoms. The number of carbonyl (C=O) groups is 1. The van der Waals surface area contributed by atoms with Crippen LogP contribution < -0.4 is 5.32 Å². The highest BCUT2D eigenvalue weighted by molar-refractivity contribution is 6.03. The molecular weight excluding hydrogens is 276 g/mol. The lowest BCUT2D eigenvalue weighted by molar-refractivity contribution is 0.102. The molecule has 21 heavy (non-hydrogen) atoms. The monoisotopic (exact) mass is 285 g/mol. The molecule has 0 unspecified atom stereocenters. The van der Waals surface area contributed by atoms with Gasteiger partial charge in [-0.1, -0.05) is 12.1 Å². The molecule has 0 atom stereocenters. The first-order valence-electron chi connectivity index (χ1n) is 6.12. The van der Waals surface area contributed by atoms with Crippen molar-refractivity contribution in [2.45, 2.75) is 0 Å². The van der Waals surface area contributed by atoms with Gasteiger partial charge in [0, 0.05) is 6.07 Å². The molecule has 1 N–H and O–H groups in total. The van der Waals surface area contributed by atoms with Crippen molar-refractivity contribution < 1.29 is 13.6 Å². The number of anilines is 1. The second-order valence-corrected chi connectivity index (χ2v) is 4.32. The van der Waals surface area contributed by atoms with Crippen molar-refractivity contribution in [2.24, 2.45) is 0 Å². The topological polar surface area (TPSA) is 54.9 Å². The molecule has 1 heterocycles. The number of hydrogen-bond donors (Lipinski definition) is 1. The van der Waals surface area contributed by atoms with E-state index in [-0.39, 0.29) is 11.4 Å². The first-order valence-corrected chi connectivity index (χ1v) is 6.12. The van der Waals surface area contributed by atoms with Gasteiger partial charge in [0.25, 0.3) is 5.91 Å². The van der Waals surface area contributed by atoms with Gasteiger partial charge in [0.05, 0.1) is 22.9 Å². The number of aromatic nitrogens is 2. The summed E-state index contributed by atoms with van der Waals surface area (Å²) in [4.78, 5) is 20.3. The van der Waals surface area contributed by atoms with E-state index in [0.29, 0.717) is 17.1 Å². The molecule has 0 saturated carbocycles. The molecule has 0 aliphatic carbocycles. The zero-order chi connectivity index (χ0) is 14.8. The van der Waals surface area contributed by atoms with Crippen LogP contribution in [0.3, 0.4) is 0 Å². The highest BCUT2D eigenvalue weighted by Crippen LogP contribution is 2.16. The number of fused-ring (bicyclic) bond motifs is 1. The van der Waals surface area contributed by atoms with Crippen molar-refractivity contribution in [3.05, 3.63) is 66.0 Å². The van der Waals surface area contributed by atoms with Gasteiger partial charge >= 0.3 is 0 Å². The molecule has 0 bridgehead atoms. The largest absolute Gasteiger partial charge is 0.318 e. The normalized spacial score (nSPS) is 10.6. The number of halogens is 2. The number of nitrogens with zero attached hydrogens (tertiary/aromatic N) is 2. The van der Waals surface area contributed by atoms with Gasteiger partial charge in [-0.3, -0.25) is 9.78 Å². The fourth-order valence-electron chi connectivity index (χ4n) is 1.84. The van der Waals surface area contributed by atoms with E-state index in [1.54, 1.807) is 18.2 Å². The highest BCUT2D eigenvalue weighted by Gasteiger charge is 2.12. The van der Waals surface area contributed by atoms with E-state index in [2.05, 4.69) is 15.3 Å². The van der Waals surface area contributed by atoms with Crippen LogP contribution in [0.25, 0.3) is 11.0 Å². The number of hydrogen-bond acceptors (Lipinski definition) is 3. The van der Waals surface area contributed by atoms with Gasteiger partial charge in [-0.25, -0.2) is 13.8 Å². The number of rotatable bonds is 2. The van der Waals surface area contributed by atoms with Crippen LogP contribution in [-0.2, 0) is 0 Å². The minimum atomic E-state index is -0.850. The summed E-state index contributed by atoms with van der Waals surface area (Å²) in [7, 11) is 0. The van der Waals surface area contributed by atoms with E-state index in [9.17, 15) is 13.6 Å². The lowest BCUT2D eigenvalue weighted by Gasteiger charge is -2.06. The van der Waals surface area contributed by atoms with Gasteiger partial charge in [0.2, 0.25) is 0 Å². The van der Waals surface area contributed by atoms with Gasteiger partial charge in [0.15, 0.2) is 0 Å². The third-order valence-corrected chi connectivity index (χ3v) is 2.86. The number of amides is 1. The first-order chi connectivity index (χ1) is 10.1. The molecule has 4 nitrogen and oxygen atoms in total. The van der Waals surface area contributed by atoms with Crippen LogP contribution in [0, 0.1) is 11.6 Å². The van der Waals surface area contributed by atoms with Crippen molar-refractivity contribution in [2.75, 3.05) is 5.32 Å². The molecule has 0 saturated heterocycles. The van der Waals surface area contributed by atoms with E-state index < -0.39 is 17.5 Å². The third-order valence-electron chi connectivity index (χ3n) is 2.86. The third kappa shape index (κ3) is 2.69. The second kappa shape index (κ2) is 5.24. The molecule has 1 aromatic heterocycles. The molecule has 0 fully saturated rings. The maximum atomic E-state index is 13.5. The molecular formula is C15H9F2N3O. The minimum absolute atomic E-state index is 0.0532. The Kier molecular flexibility index (Phi) is 3.27. The summed E-state index contributed by atoms with van der Waals surface area (Å²) in [5.41, 5.74) is 1.15. The Labute approximate surface area is 118 Å². The quantitative estimate of drug-likeness (QED) is 0.787. The van der Waals surface area contributed by atoms with Crippen LogP contribution in [0.1, 0.15) is 10.5 Å². The summed E-state index contributed by atoms with van der Waals surface area (Å²) in [6, 6.07) is 9.98. The van der Waals surface area contributed by atoms with Gasteiger partial charge in [-0.05, 0) is 24.3 Å². The maximum Gasteiger partial charge on any atom is 0.275 e. The molecule has 0 radical (unpaired) electrons. The number of para-hydroxylation sites is 2. The average molecular weight is 285 g/mol. The van der Waals surface area contributed by atoms with Crippen LogP contribution >= 0.6 is 0 Å². The SMILES string of the molecule is O=C(Nc1ccc(F)cc1F)c1cnc2ccccc2n1. The fourth-order valence-corrected chi connectivity index (χ4v) is 1.84. The van der Waals surface area contributed by atoms with E-state index in [1.165, 1.54) is 6.20 Å². The number of benzene rings is 2. The second-order valence-electron chi connectivity index (χ2n) is 4.32. The Bertz CT molecular complexity index is 836. The van der Waals surface area contributed by atoms with Crippen LogP contribution in [0.2, 0.25) is 0 Å². The predicted octanol–water partition coefficient (Wildman–Crippen LogP) is 3.16. The van der Waals surface area contributed by atoms with E-state index in [1.807, 2.05) is 6.07 Å². The smallest absolute Gasteiger partial charge is 0.275 e. The van der Waals surface area contributed by atoms with Crippen molar-refractivity contribution >= 4 is 22.6 Å². The summed E-state index contributed by atoms with van der Waals surface area (Å²) < 4.78 is 26.3. The predicted molar refractivity (Wildman–Crippen MR) is 73.8 cm³/mol. The zero-order valence-electron chi connectivity index (χ0n) is 10.7. The minimum Gasteiger partial charge on any atom is -0.318 e. The summed E-state index contributed by atoms with van der Waals surface area (Å²) >= 11 is 0. The van der Waals surface area contributed by atoms with E-state index in [0.717, 1.165) is 12.1 Å². The summed E-state index contributed by atoms with van der Waals surface area (Å²) in [6.45, 7) is 0. The van der Waals surface area contributed by atoms with Crippen molar-refractivity contribution in [1.82, 2.24) is 9.97 Å². The Hall–Kier alpha value is -2.89. The Morgan fingerprint density at radius 1 is 1.05 bits per heavy atom. The summed E-state index contributed by atoms with van der Waals surface area (Å²) in [5, 5.41) is 2.34. The van der Waals surface area contributed by atoms with Crippen molar-refractivity contribution in [3.8, 4) is 0 Å². The molecule has 0 aliphatic rings. The van der Waals surface area contributed by atoms with Crippen molar-refractivity contribution in [3.63, 3.8) is 0 Å². The van der Waals surface area contributed by atoms with Crippen LogP contribution in [0.5, 0.6) is 0 Å². The zero-order valence-corrected chi connectivity index (χ0v) is 10.7. The van der Waals surface area contributed by atoms with Crippen molar-refractivity contribution in [1.29, 1.82) is 0 Å². The summed E-state index contributed by atoms with van der Waals surface area (Å²) in [6.07, 6.45) is 1.30. The Balaban J connectivity index is 1.89.